The van der Waals surface area contributed by atoms with Crippen molar-refractivity contribution in [3.05, 3.63) is 71.3 Å². The van der Waals surface area contributed by atoms with Gasteiger partial charge < -0.3 is 10.2 Å². The van der Waals surface area contributed by atoms with Crippen LogP contribution in [0.1, 0.15) is 23.1 Å². The number of hydrogen-bond donors (Lipinski definition) is 1. The molecular weight excluding hydrogens is 362 g/mol. The first-order chi connectivity index (χ1) is 14.1. The van der Waals surface area contributed by atoms with E-state index in [2.05, 4.69) is 34.5 Å². The number of rotatable bonds is 6. The first-order valence-electron chi connectivity index (χ1n) is 10.5. The molecule has 0 bridgehead atoms. The second-order valence-electron chi connectivity index (χ2n) is 8.18. The lowest BCUT2D eigenvalue weighted by Crippen LogP contribution is -2.49. The van der Waals surface area contributed by atoms with Gasteiger partial charge in [-0.25, -0.2) is 0 Å². The van der Waals surface area contributed by atoms with Crippen LogP contribution in [-0.4, -0.2) is 47.8 Å². The van der Waals surface area contributed by atoms with E-state index in [1.165, 1.54) is 11.1 Å². The van der Waals surface area contributed by atoms with Gasteiger partial charge in [0.25, 0.3) is 0 Å². The average Bonchev–Trinajstić information content (AvgIpc) is 3.55. The van der Waals surface area contributed by atoms with Gasteiger partial charge in [0.15, 0.2) is 0 Å². The Balaban J connectivity index is 1.21. The van der Waals surface area contributed by atoms with Crippen molar-refractivity contribution in [1.82, 2.24) is 15.1 Å². The van der Waals surface area contributed by atoms with E-state index < -0.39 is 0 Å². The molecule has 1 N–H and O–H groups in total. The molecule has 152 valence electrons. The minimum absolute atomic E-state index is 0.00863. The maximum atomic E-state index is 12.8. The van der Waals surface area contributed by atoms with Gasteiger partial charge in [0.1, 0.15) is 0 Å². The van der Waals surface area contributed by atoms with Crippen LogP contribution in [0.2, 0.25) is 0 Å². The maximum Gasteiger partial charge on any atom is 0.226 e. The molecule has 5 nitrogen and oxygen atoms in total. The normalized spacial score (nSPS) is 21.6. The minimum Gasteiger partial charge on any atom is -0.352 e. The van der Waals surface area contributed by atoms with Crippen LogP contribution < -0.4 is 5.32 Å². The van der Waals surface area contributed by atoms with E-state index in [0.29, 0.717) is 13.0 Å². The molecule has 0 aromatic heterocycles. The fourth-order valence-corrected chi connectivity index (χ4v) is 4.08. The molecule has 2 aliphatic rings. The van der Waals surface area contributed by atoms with Crippen molar-refractivity contribution in [2.24, 2.45) is 11.8 Å². The van der Waals surface area contributed by atoms with E-state index in [1.807, 2.05) is 42.2 Å². The van der Waals surface area contributed by atoms with Crippen LogP contribution in [0.5, 0.6) is 0 Å². The highest BCUT2D eigenvalue weighted by Gasteiger charge is 2.49. The summed E-state index contributed by atoms with van der Waals surface area (Å²) in [6.07, 6.45) is 0.683. The molecule has 2 aromatic rings. The molecule has 2 atom stereocenters. The van der Waals surface area contributed by atoms with E-state index in [0.717, 1.165) is 38.3 Å². The number of aryl methyl sites for hydroxylation is 1. The molecule has 1 saturated heterocycles. The van der Waals surface area contributed by atoms with Gasteiger partial charge in [-0.05, 0) is 30.0 Å². The molecule has 1 aliphatic heterocycles. The Bertz CT molecular complexity index is 859. The van der Waals surface area contributed by atoms with Crippen molar-refractivity contribution in [3.63, 3.8) is 0 Å². The maximum absolute atomic E-state index is 12.8. The summed E-state index contributed by atoms with van der Waals surface area (Å²) in [6, 6.07) is 18.5. The molecule has 29 heavy (non-hydrogen) atoms. The summed E-state index contributed by atoms with van der Waals surface area (Å²) < 4.78 is 0. The standard InChI is InChI=1S/C24H29N3O2/c1-18-7-5-6-10-20(18)16-25-23(28)21-15-22(21)24(29)27-13-11-26(12-14-27)17-19-8-3-2-4-9-19/h2-10,21-22H,11-17H2,1H3,(H,25,28). The van der Waals surface area contributed by atoms with Crippen molar-refractivity contribution in [2.45, 2.75) is 26.4 Å². The summed E-state index contributed by atoms with van der Waals surface area (Å²) in [7, 11) is 0. The number of carbonyl (C=O) groups is 2. The van der Waals surface area contributed by atoms with Crippen LogP contribution in [0.15, 0.2) is 54.6 Å². The Kier molecular flexibility index (Phi) is 5.95. The molecule has 2 aromatic carbocycles. The van der Waals surface area contributed by atoms with Crippen LogP contribution in [0, 0.1) is 18.8 Å². The highest BCUT2D eigenvalue weighted by atomic mass is 16.2. The van der Waals surface area contributed by atoms with Gasteiger partial charge >= 0.3 is 0 Å². The summed E-state index contributed by atoms with van der Waals surface area (Å²) in [6.45, 7) is 6.77. The summed E-state index contributed by atoms with van der Waals surface area (Å²) in [4.78, 5) is 29.6. The van der Waals surface area contributed by atoms with Crippen molar-refractivity contribution in [2.75, 3.05) is 26.2 Å². The van der Waals surface area contributed by atoms with Crippen LogP contribution in [0.3, 0.4) is 0 Å². The SMILES string of the molecule is Cc1ccccc1CNC(=O)C1CC1C(=O)N1CCN(Cc2ccccc2)CC1. The fourth-order valence-electron chi connectivity index (χ4n) is 4.08. The number of hydrogen-bond acceptors (Lipinski definition) is 3. The molecular formula is C24H29N3O2. The summed E-state index contributed by atoms with van der Waals surface area (Å²) in [5, 5.41) is 3.01. The van der Waals surface area contributed by atoms with Crippen LogP contribution >= 0.6 is 0 Å². The van der Waals surface area contributed by atoms with E-state index in [-0.39, 0.29) is 23.7 Å². The summed E-state index contributed by atoms with van der Waals surface area (Å²) >= 11 is 0. The summed E-state index contributed by atoms with van der Waals surface area (Å²) in [5.41, 5.74) is 3.60. The number of carbonyl (C=O) groups excluding carboxylic acids is 2. The van der Waals surface area contributed by atoms with Gasteiger partial charge in [-0.1, -0.05) is 54.6 Å². The van der Waals surface area contributed by atoms with E-state index >= 15 is 0 Å². The largest absolute Gasteiger partial charge is 0.352 e. The predicted molar refractivity (Wildman–Crippen MR) is 113 cm³/mol. The van der Waals surface area contributed by atoms with Gasteiger partial charge in [0.05, 0.1) is 11.8 Å². The second-order valence-corrected chi connectivity index (χ2v) is 8.18. The highest BCUT2D eigenvalue weighted by molar-refractivity contribution is 5.92. The van der Waals surface area contributed by atoms with Gasteiger partial charge in [-0.3, -0.25) is 14.5 Å². The van der Waals surface area contributed by atoms with E-state index in [1.54, 1.807) is 0 Å². The Morgan fingerprint density at radius 2 is 1.62 bits per heavy atom. The molecule has 2 fully saturated rings. The number of piperazine rings is 1. The Morgan fingerprint density at radius 1 is 0.931 bits per heavy atom. The highest BCUT2D eigenvalue weighted by Crippen LogP contribution is 2.40. The third kappa shape index (κ3) is 4.85. The number of nitrogens with zero attached hydrogens (tertiary/aromatic N) is 2. The zero-order valence-electron chi connectivity index (χ0n) is 17.0. The average molecular weight is 392 g/mol. The lowest BCUT2D eigenvalue weighted by atomic mass is 10.1. The van der Waals surface area contributed by atoms with Crippen molar-refractivity contribution < 1.29 is 9.59 Å². The third-order valence-electron chi connectivity index (χ3n) is 6.09. The quantitative estimate of drug-likeness (QED) is 0.824. The van der Waals surface area contributed by atoms with Crippen molar-refractivity contribution >= 4 is 11.8 Å². The monoisotopic (exact) mass is 391 g/mol. The topological polar surface area (TPSA) is 52.7 Å². The Labute approximate surface area is 172 Å². The number of nitrogens with one attached hydrogen (secondary N) is 1. The fraction of sp³-hybridized carbons (Fsp3) is 0.417. The van der Waals surface area contributed by atoms with E-state index in [9.17, 15) is 9.59 Å². The first-order valence-corrected chi connectivity index (χ1v) is 10.5. The third-order valence-corrected chi connectivity index (χ3v) is 6.09. The predicted octanol–water partition coefficient (Wildman–Crippen LogP) is 2.59. The molecule has 4 rings (SSSR count). The minimum atomic E-state index is -0.158. The Morgan fingerprint density at radius 3 is 2.34 bits per heavy atom. The molecule has 0 radical (unpaired) electrons. The molecule has 0 spiro atoms. The van der Waals surface area contributed by atoms with Gasteiger partial charge in [0.2, 0.25) is 11.8 Å². The van der Waals surface area contributed by atoms with Crippen molar-refractivity contribution in [1.29, 1.82) is 0 Å². The van der Waals surface area contributed by atoms with Crippen LogP contribution in [0.25, 0.3) is 0 Å². The van der Waals surface area contributed by atoms with Gasteiger partial charge in [-0.15, -0.1) is 0 Å². The smallest absolute Gasteiger partial charge is 0.226 e. The summed E-state index contributed by atoms with van der Waals surface area (Å²) in [5.74, 6) is -0.129. The van der Waals surface area contributed by atoms with Crippen LogP contribution in [0.4, 0.5) is 0 Å². The Hall–Kier alpha value is -2.66. The molecule has 1 aliphatic carbocycles. The van der Waals surface area contributed by atoms with E-state index in [4.69, 9.17) is 0 Å². The van der Waals surface area contributed by atoms with Gasteiger partial charge in [-0.2, -0.15) is 0 Å². The molecule has 1 saturated carbocycles. The number of benzene rings is 2. The lowest BCUT2D eigenvalue weighted by Gasteiger charge is -2.35. The lowest BCUT2D eigenvalue weighted by molar-refractivity contribution is -0.136. The number of amides is 2. The second kappa shape index (κ2) is 8.78. The van der Waals surface area contributed by atoms with Crippen LogP contribution in [-0.2, 0) is 22.7 Å². The first kappa shape index (κ1) is 19.6. The zero-order valence-corrected chi connectivity index (χ0v) is 17.0. The molecule has 2 amide bonds. The zero-order chi connectivity index (χ0) is 20.2. The molecule has 5 heteroatoms. The molecule has 1 heterocycles. The van der Waals surface area contributed by atoms with Crippen molar-refractivity contribution in [3.8, 4) is 0 Å². The van der Waals surface area contributed by atoms with Gasteiger partial charge in [0, 0.05) is 39.3 Å². The molecule has 2 unspecified atom stereocenters.